The normalized spacial score (nSPS) is 12.3. The molecule has 27 heavy (non-hydrogen) atoms. The van der Waals surface area contributed by atoms with Crippen LogP contribution in [0.3, 0.4) is 0 Å². The van der Waals surface area contributed by atoms with Crippen molar-refractivity contribution in [2.24, 2.45) is 0 Å². The minimum atomic E-state index is -4.68. The van der Waals surface area contributed by atoms with E-state index in [0.29, 0.717) is 5.56 Å². The van der Waals surface area contributed by atoms with E-state index in [-0.39, 0.29) is 6.54 Å². The van der Waals surface area contributed by atoms with Crippen molar-refractivity contribution >= 4 is 17.5 Å². The standard InChI is InChI=1S/C18H16F4N2O3/c1-27-15(11-5-4-6-12(19)9-11)10-23-16(25)17(26)24-14-8-3-2-7-13(14)18(20,21)22/h2-9,15H,10H2,1H3,(H,23,25)(H,24,26). The number of alkyl halides is 3. The summed E-state index contributed by atoms with van der Waals surface area (Å²) in [6.45, 7) is -0.173. The molecule has 0 saturated carbocycles. The first-order valence-electron chi connectivity index (χ1n) is 7.76. The Morgan fingerprint density at radius 2 is 1.78 bits per heavy atom. The molecule has 1 unspecified atom stereocenters. The van der Waals surface area contributed by atoms with E-state index >= 15 is 0 Å². The zero-order chi connectivity index (χ0) is 20.0. The number of hydrogen-bond acceptors (Lipinski definition) is 3. The van der Waals surface area contributed by atoms with Crippen molar-refractivity contribution in [3.63, 3.8) is 0 Å². The molecule has 5 nitrogen and oxygen atoms in total. The number of carbonyl (C=O) groups excluding carboxylic acids is 2. The lowest BCUT2D eigenvalue weighted by Gasteiger charge is -2.17. The smallest absolute Gasteiger partial charge is 0.375 e. The Balaban J connectivity index is 2.01. The molecule has 9 heteroatoms. The number of halogens is 4. The average molecular weight is 384 g/mol. The maximum absolute atomic E-state index is 13.3. The van der Waals surface area contributed by atoms with Gasteiger partial charge in [-0.2, -0.15) is 13.2 Å². The van der Waals surface area contributed by atoms with Crippen molar-refractivity contribution in [1.82, 2.24) is 5.32 Å². The number of amides is 2. The largest absolute Gasteiger partial charge is 0.418 e. The fourth-order valence-electron chi connectivity index (χ4n) is 2.33. The molecular weight excluding hydrogens is 368 g/mol. The molecule has 0 aliphatic carbocycles. The van der Waals surface area contributed by atoms with E-state index in [1.54, 1.807) is 6.07 Å². The third kappa shape index (κ3) is 5.52. The van der Waals surface area contributed by atoms with E-state index in [4.69, 9.17) is 4.74 Å². The van der Waals surface area contributed by atoms with Gasteiger partial charge >= 0.3 is 18.0 Å². The van der Waals surface area contributed by atoms with Gasteiger partial charge in [0, 0.05) is 13.7 Å². The highest BCUT2D eigenvalue weighted by molar-refractivity contribution is 6.39. The van der Waals surface area contributed by atoms with Gasteiger partial charge < -0.3 is 15.4 Å². The Morgan fingerprint density at radius 3 is 2.41 bits per heavy atom. The number of anilines is 1. The number of nitrogens with one attached hydrogen (secondary N) is 2. The van der Waals surface area contributed by atoms with E-state index in [9.17, 15) is 27.2 Å². The topological polar surface area (TPSA) is 67.4 Å². The van der Waals surface area contributed by atoms with Gasteiger partial charge in [-0.15, -0.1) is 0 Å². The number of para-hydroxylation sites is 1. The Hall–Kier alpha value is -2.94. The predicted molar refractivity (Wildman–Crippen MR) is 89.2 cm³/mol. The van der Waals surface area contributed by atoms with Crippen LogP contribution in [0.15, 0.2) is 48.5 Å². The third-order valence-corrected chi connectivity index (χ3v) is 3.64. The number of carbonyl (C=O) groups is 2. The number of ether oxygens (including phenoxy) is 1. The summed E-state index contributed by atoms with van der Waals surface area (Å²) < 4.78 is 57.2. The second-order valence-corrected chi connectivity index (χ2v) is 5.49. The highest BCUT2D eigenvalue weighted by Gasteiger charge is 2.34. The van der Waals surface area contributed by atoms with Crippen molar-refractivity contribution in [3.05, 3.63) is 65.5 Å². The van der Waals surface area contributed by atoms with Gasteiger partial charge in [0.2, 0.25) is 0 Å². The van der Waals surface area contributed by atoms with Crippen LogP contribution in [0.1, 0.15) is 17.2 Å². The minimum absolute atomic E-state index is 0.173. The van der Waals surface area contributed by atoms with Gasteiger partial charge in [-0.3, -0.25) is 9.59 Å². The zero-order valence-electron chi connectivity index (χ0n) is 14.1. The molecule has 2 rings (SSSR count). The van der Waals surface area contributed by atoms with Gasteiger partial charge in [-0.1, -0.05) is 24.3 Å². The number of methoxy groups -OCH3 is 1. The molecule has 2 amide bonds. The van der Waals surface area contributed by atoms with Gasteiger partial charge in [0.15, 0.2) is 0 Å². The van der Waals surface area contributed by atoms with Crippen molar-refractivity contribution in [1.29, 1.82) is 0 Å². The Bertz CT molecular complexity index is 824. The molecule has 0 fully saturated rings. The Morgan fingerprint density at radius 1 is 1.07 bits per heavy atom. The van der Waals surface area contributed by atoms with Crippen LogP contribution in [-0.4, -0.2) is 25.5 Å². The van der Waals surface area contributed by atoms with Gasteiger partial charge in [0.1, 0.15) is 5.82 Å². The fourth-order valence-corrected chi connectivity index (χ4v) is 2.33. The van der Waals surface area contributed by atoms with Gasteiger partial charge in [0.25, 0.3) is 0 Å². The average Bonchev–Trinajstić information content (AvgIpc) is 2.61. The van der Waals surface area contributed by atoms with Crippen LogP contribution in [0.25, 0.3) is 0 Å². The molecule has 1 atom stereocenters. The first-order chi connectivity index (χ1) is 12.7. The molecule has 2 aromatic rings. The van der Waals surface area contributed by atoms with Crippen molar-refractivity contribution in [2.75, 3.05) is 19.0 Å². The third-order valence-electron chi connectivity index (χ3n) is 3.64. The highest BCUT2D eigenvalue weighted by Crippen LogP contribution is 2.34. The van der Waals surface area contributed by atoms with Crippen LogP contribution in [0.5, 0.6) is 0 Å². The summed E-state index contributed by atoms with van der Waals surface area (Å²) in [6.07, 6.45) is -5.42. The number of benzene rings is 2. The van der Waals surface area contributed by atoms with E-state index in [1.165, 1.54) is 37.4 Å². The van der Waals surface area contributed by atoms with Crippen molar-refractivity contribution in [2.45, 2.75) is 12.3 Å². The maximum Gasteiger partial charge on any atom is 0.418 e. The fraction of sp³-hybridized carbons (Fsp3) is 0.222. The van der Waals surface area contributed by atoms with Crippen LogP contribution in [0.4, 0.5) is 23.2 Å². The molecule has 0 bridgehead atoms. The summed E-state index contributed by atoms with van der Waals surface area (Å²) in [5, 5.41) is 4.19. The first-order valence-corrected chi connectivity index (χ1v) is 7.76. The van der Waals surface area contributed by atoms with Crippen LogP contribution in [-0.2, 0) is 20.5 Å². The summed E-state index contributed by atoms with van der Waals surface area (Å²) in [5.74, 6) is -2.91. The van der Waals surface area contributed by atoms with Crippen molar-refractivity contribution < 1.29 is 31.9 Å². The second-order valence-electron chi connectivity index (χ2n) is 5.49. The van der Waals surface area contributed by atoms with Crippen LogP contribution < -0.4 is 10.6 Å². The van der Waals surface area contributed by atoms with E-state index in [0.717, 1.165) is 12.1 Å². The molecule has 2 aromatic carbocycles. The van der Waals surface area contributed by atoms with Crippen LogP contribution >= 0.6 is 0 Å². The lowest BCUT2D eigenvalue weighted by Crippen LogP contribution is -2.38. The molecule has 0 heterocycles. The molecule has 0 aliphatic rings. The molecule has 0 aliphatic heterocycles. The molecule has 0 aromatic heterocycles. The zero-order valence-corrected chi connectivity index (χ0v) is 14.1. The molecule has 144 valence electrons. The van der Waals surface area contributed by atoms with Crippen LogP contribution in [0.2, 0.25) is 0 Å². The molecule has 0 saturated heterocycles. The molecule has 0 spiro atoms. The van der Waals surface area contributed by atoms with E-state index in [2.05, 4.69) is 5.32 Å². The summed E-state index contributed by atoms with van der Waals surface area (Å²) >= 11 is 0. The minimum Gasteiger partial charge on any atom is -0.375 e. The van der Waals surface area contributed by atoms with Gasteiger partial charge in [-0.25, -0.2) is 4.39 Å². The lowest BCUT2D eigenvalue weighted by atomic mass is 10.1. The Kier molecular flexibility index (Phi) is 6.51. The number of rotatable bonds is 5. The lowest BCUT2D eigenvalue weighted by molar-refractivity contribution is -0.138. The van der Waals surface area contributed by atoms with E-state index in [1.807, 2.05) is 5.32 Å². The second kappa shape index (κ2) is 8.63. The molecule has 0 radical (unpaired) electrons. The quantitative estimate of drug-likeness (QED) is 0.614. The monoisotopic (exact) mass is 384 g/mol. The Labute approximate surface area is 152 Å². The molecule has 2 N–H and O–H groups in total. The predicted octanol–water partition coefficient (Wildman–Crippen LogP) is 3.29. The maximum atomic E-state index is 13.3. The summed E-state index contributed by atoms with van der Waals surface area (Å²) in [6, 6.07) is 9.77. The summed E-state index contributed by atoms with van der Waals surface area (Å²) in [5.41, 5.74) is -1.17. The van der Waals surface area contributed by atoms with Crippen molar-refractivity contribution in [3.8, 4) is 0 Å². The van der Waals surface area contributed by atoms with E-state index < -0.39 is 41.2 Å². The first kappa shape index (κ1) is 20.4. The van der Waals surface area contributed by atoms with Gasteiger partial charge in [-0.05, 0) is 29.8 Å². The van der Waals surface area contributed by atoms with Crippen LogP contribution in [0, 0.1) is 5.82 Å². The number of hydrogen-bond donors (Lipinski definition) is 2. The molecular formula is C18H16F4N2O3. The summed E-state index contributed by atoms with van der Waals surface area (Å²) in [4.78, 5) is 23.8. The SMILES string of the molecule is COC(CNC(=O)C(=O)Nc1ccccc1C(F)(F)F)c1cccc(F)c1. The van der Waals surface area contributed by atoms with Gasteiger partial charge in [0.05, 0.1) is 17.4 Å². The highest BCUT2D eigenvalue weighted by atomic mass is 19.4. The summed E-state index contributed by atoms with van der Waals surface area (Å²) in [7, 11) is 1.33.